The van der Waals surface area contributed by atoms with Crippen molar-refractivity contribution in [3.63, 3.8) is 0 Å². The molecule has 0 aromatic carbocycles. The van der Waals surface area contributed by atoms with Crippen LogP contribution in [0.2, 0.25) is 0 Å². The Balaban J connectivity index is 1.73. The summed E-state index contributed by atoms with van der Waals surface area (Å²) in [5, 5.41) is 5.41. The van der Waals surface area contributed by atoms with Crippen LogP contribution in [0.1, 0.15) is 67.4 Å². The standard InChI is InChI=1S/C21H28N4O3S2/c1-5-8-16-22-18(28-24-16)13(4)30-21-23-19-17(15(6-2)12(3)29-19)20(26)25(21)11-14-9-7-10-27-14/h13-14H,5-11H2,1-4H3/t13-,14+/m0/s1. The Kier molecular flexibility index (Phi) is 6.60. The van der Waals surface area contributed by atoms with Gasteiger partial charge < -0.3 is 9.26 Å². The van der Waals surface area contributed by atoms with Gasteiger partial charge >= 0.3 is 0 Å². The molecule has 1 aliphatic heterocycles. The molecule has 0 saturated carbocycles. The van der Waals surface area contributed by atoms with Gasteiger partial charge in [-0.15, -0.1) is 11.3 Å². The Labute approximate surface area is 184 Å². The maximum Gasteiger partial charge on any atom is 0.263 e. The quantitative estimate of drug-likeness (QED) is 0.365. The first-order chi connectivity index (χ1) is 14.5. The molecule has 4 heterocycles. The number of thioether (sulfide) groups is 1. The van der Waals surface area contributed by atoms with Gasteiger partial charge in [0.15, 0.2) is 11.0 Å². The molecule has 7 nitrogen and oxygen atoms in total. The highest BCUT2D eigenvalue weighted by Gasteiger charge is 2.25. The first-order valence-electron chi connectivity index (χ1n) is 10.6. The summed E-state index contributed by atoms with van der Waals surface area (Å²) < 4.78 is 13.1. The molecular weight excluding hydrogens is 420 g/mol. The SMILES string of the molecule is CCCc1noc([C@H](C)Sc2nc3sc(C)c(CC)c3c(=O)n2C[C@H]2CCCO2)n1. The minimum atomic E-state index is -0.102. The lowest BCUT2D eigenvalue weighted by atomic mass is 10.1. The Hall–Kier alpha value is -1.71. The largest absolute Gasteiger partial charge is 0.376 e. The van der Waals surface area contributed by atoms with Crippen LogP contribution in [-0.4, -0.2) is 32.4 Å². The summed E-state index contributed by atoms with van der Waals surface area (Å²) in [5.41, 5.74) is 1.14. The smallest absolute Gasteiger partial charge is 0.263 e. The van der Waals surface area contributed by atoms with Gasteiger partial charge in [0.2, 0.25) is 5.89 Å². The molecule has 0 amide bonds. The van der Waals surface area contributed by atoms with E-state index < -0.39 is 0 Å². The lowest BCUT2D eigenvalue weighted by Crippen LogP contribution is -2.29. The number of hydrogen-bond donors (Lipinski definition) is 0. The maximum absolute atomic E-state index is 13.5. The van der Waals surface area contributed by atoms with Crippen molar-refractivity contribution >= 4 is 33.3 Å². The van der Waals surface area contributed by atoms with E-state index in [4.69, 9.17) is 14.2 Å². The predicted molar refractivity (Wildman–Crippen MR) is 120 cm³/mol. The minimum Gasteiger partial charge on any atom is -0.376 e. The summed E-state index contributed by atoms with van der Waals surface area (Å²) >= 11 is 3.09. The van der Waals surface area contributed by atoms with Crippen molar-refractivity contribution in [3.8, 4) is 0 Å². The molecule has 9 heteroatoms. The van der Waals surface area contributed by atoms with Gasteiger partial charge in [-0.2, -0.15) is 4.98 Å². The second-order valence-electron chi connectivity index (χ2n) is 7.67. The van der Waals surface area contributed by atoms with Gasteiger partial charge in [0, 0.05) is 17.9 Å². The van der Waals surface area contributed by atoms with Crippen molar-refractivity contribution in [1.82, 2.24) is 19.7 Å². The van der Waals surface area contributed by atoms with Crippen molar-refractivity contribution in [2.24, 2.45) is 0 Å². The lowest BCUT2D eigenvalue weighted by Gasteiger charge is -2.17. The van der Waals surface area contributed by atoms with Gasteiger partial charge in [-0.1, -0.05) is 30.8 Å². The van der Waals surface area contributed by atoms with Crippen LogP contribution in [0.25, 0.3) is 10.2 Å². The molecule has 3 aromatic heterocycles. The molecule has 30 heavy (non-hydrogen) atoms. The van der Waals surface area contributed by atoms with Crippen LogP contribution in [0.15, 0.2) is 14.5 Å². The zero-order valence-corrected chi connectivity index (χ0v) is 19.6. The van der Waals surface area contributed by atoms with Crippen molar-refractivity contribution in [1.29, 1.82) is 0 Å². The van der Waals surface area contributed by atoms with E-state index >= 15 is 0 Å². The zero-order chi connectivity index (χ0) is 21.3. The molecule has 0 unspecified atom stereocenters. The topological polar surface area (TPSA) is 83.0 Å². The van der Waals surface area contributed by atoms with E-state index in [-0.39, 0.29) is 16.9 Å². The van der Waals surface area contributed by atoms with E-state index in [1.807, 2.05) is 6.92 Å². The highest BCUT2D eigenvalue weighted by Crippen LogP contribution is 2.35. The third-order valence-corrected chi connectivity index (χ3v) is 7.55. The average Bonchev–Trinajstić information content (AvgIpc) is 3.45. The predicted octanol–water partition coefficient (Wildman–Crippen LogP) is 4.70. The number of nitrogens with zero attached hydrogens (tertiary/aromatic N) is 4. The molecule has 4 rings (SSSR count). The number of aryl methyl sites for hydroxylation is 3. The van der Waals surface area contributed by atoms with Gasteiger partial charge in [0.1, 0.15) is 4.83 Å². The summed E-state index contributed by atoms with van der Waals surface area (Å²) in [6.45, 7) is 9.54. The van der Waals surface area contributed by atoms with Crippen molar-refractivity contribution in [2.75, 3.05) is 6.61 Å². The summed E-state index contributed by atoms with van der Waals surface area (Å²) in [6, 6.07) is 0. The van der Waals surface area contributed by atoms with Crippen molar-refractivity contribution in [3.05, 3.63) is 32.5 Å². The molecule has 1 aliphatic rings. The van der Waals surface area contributed by atoms with Crippen LogP contribution in [0, 0.1) is 6.92 Å². The van der Waals surface area contributed by atoms with Crippen LogP contribution in [0.4, 0.5) is 0 Å². The fraction of sp³-hybridized carbons (Fsp3) is 0.619. The molecule has 0 bridgehead atoms. The van der Waals surface area contributed by atoms with Gasteiger partial charge in [0.05, 0.1) is 23.3 Å². The number of thiophene rings is 1. The fourth-order valence-corrected chi connectivity index (χ4v) is 5.97. The Morgan fingerprint density at radius 3 is 2.87 bits per heavy atom. The molecule has 1 fully saturated rings. The van der Waals surface area contributed by atoms with Crippen LogP contribution < -0.4 is 5.56 Å². The summed E-state index contributed by atoms with van der Waals surface area (Å²) in [5.74, 6) is 1.29. The third-order valence-electron chi connectivity index (χ3n) is 5.43. The Morgan fingerprint density at radius 1 is 1.33 bits per heavy atom. The minimum absolute atomic E-state index is 0.0311. The number of fused-ring (bicyclic) bond motifs is 1. The van der Waals surface area contributed by atoms with Gasteiger partial charge in [-0.3, -0.25) is 9.36 Å². The third kappa shape index (κ3) is 4.20. The molecule has 162 valence electrons. The number of ether oxygens (including phenoxy) is 1. The summed E-state index contributed by atoms with van der Waals surface area (Å²) in [4.78, 5) is 24.9. The average molecular weight is 449 g/mol. The molecule has 2 atom stereocenters. The van der Waals surface area contributed by atoms with E-state index in [9.17, 15) is 4.79 Å². The van der Waals surface area contributed by atoms with E-state index in [2.05, 4.69) is 30.9 Å². The first-order valence-corrected chi connectivity index (χ1v) is 12.3. The summed E-state index contributed by atoms with van der Waals surface area (Å²) in [7, 11) is 0. The van der Waals surface area contributed by atoms with Gasteiger partial charge in [-0.05, 0) is 45.1 Å². The zero-order valence-electron chi connectivity index (χ0n) is 17.9. The molecular formula is C21H28N4O3S2. The Morgan fingerprint density at radius 2 is 2.17 bits per heavy atom. The monoisotopic (exact) mass is 448 g/mol. The van der Waals surface area contributed by atoms with Crippen LogP contribution in [0.3, 0.4) is 0 Å². The summed E-state index contributed by atoms with van der Waals surface area (Å²) in [6.07, 6.45) is 4.65. The Bertz CT molecular complexity index is 1080. The van der Waals surface area contributed by atoms with Gasteiger partial charge in [-0.25, -0.2) is 4.98 Å². The van der Waals surface area contributed by atoms with Crippen molar-refractivity contribution < 1.29 is 9.26 Å². The fourth-order valence-electron chi connectivity index (χ4n) is 3.87. The second kappa shape index (κ2) is 9.20. The second-order valence-corrected chi connectivity index (χ2v) is 10.2. The van der Waals surface area contributed by atoms with E-state index in [0.717, 1.165) is 65.2 Å². The molecule has 1 saturated heterocycles. The van der Waals surface area contributed by atoms with Crippen LogP contribution in [-0.2, 0) is 24.1 Å². The molecule has 0 aliphatic carbocycles. The van der Waals surface area contributed by atoms with Gasteiger partial charge in [0.25, 0.3) is 5.56 Å². The highest BCUT2D eigenvalue weighted by molar-refractivity contribution is 7.99. The van der Waals surface area contributed by atoms with E-state index in [1.165, 1.54) is 11.8 Å². The maximum atomic E-state index is 13.5. The normalized spacial score (nSPS) is 17.8. The molecule has 0 spiro atoms. The van der Waals surface area contributed by atoms with E-state index in [0.29, 0.717) is 17.6 Å². The van der Waals surface area contributed by atoms with Crippen LogP contribution >= 0.6 is 23.1 Å². The molecule has 0 radical (unpaired) electrons. The highest BCUT2D eigenvalue weighted by atomic mass is 32.2. The molecule has 3 aromatic rings. The van der Waals surface area contributed by atoms with E-state index in [1.54, 1.807) is 15.9 Å². The molecule has 0 N–H and O–H groups in total. The lowest BCUT2D eigenvalue weighted by molar-refractivity contribution is 0.0937. The van der Waals surface area contributed by atoms with Crippen LogP contribution in [0.5, 0.6) is 0 Å². The number of aromatic nitrogens is 4. The number of hydrogen-bond acceptors (Lipinski definition) is 8. The first kappa shape index (κ1) is 21.5. The van der Waals surface area contributed by atoms with Crippen molar-refractivity contribution in [2.45, 2.75) is 82.9 Å². The number of rotatable bonds is 8.